The Kier molecular flexibility index (Phi) is 8.51. The number of aliphatic hydroxyl groups is 1. The van der Waals surface area contributed by atoms with E-state index in [-0.39, 0.29) is 28.9 Å². The fourth-order valence-electron chi connectivity index (χ4n) is 5.41. The number of sulfone groups is 1. The van der Waals surface area contributed by atoms with Gasteiger partial charge >= 0.3 is 0 Å². The Bertz CT molecular complexity index is 1550. The summed E-state index contributed by atoms with van der Waals surface area (Å²) in [5.74, 6) is 0.397. The van der Waals surface area contributed by atoms with E-state index in [0.717, 1.165) is 17.2 Å². The Morgan fingerprint density at radius 3 is 2.50 bits per heavy atom. The first-order valence-corrected chi connectivity index (χ1v) is 16.7. The lowest BCUT2D eigenvalue weighted by Gasteiger charge is -2.38. The molecule has 2 saturated heterocycles. The highest BCUT2D eigenvalue weighted by molar-refractivity contribution is 7.91. The number of benzene rings is 3. The molecule has 0 bridgehead atoms. The summed E-state index contributed by atoms with van der Waals surface area (Å²) in [6, 6.07) is 19.3. The largest absolute Gasteiger partial charge is 0.491 e. The summed E-state index contributed by atoms with van der Waals surface area (Å²) in [7, 11) is -6.93. The Morgan fingerprint density at radius 2 is 1.75 bits per heavy atom. The van der Waals surface area contributed by atoms with Gasteiger partial charge in [-0.25, -0.2) is 16.8 Å². The number of fused-ring (bicyclic) bond motifs is 1. The van der Waals surface area contributed by atoms with Crippen LogP contribution in [0.3, 0.4) is 0 Å². The van der Waals surface area contributed by atoms with E-state index < -0.39 is 26.0 Å². The van der Waals surface area contributed by atoms with Gasteiger partial charge in [0.1, 0.15) is 18.5 Å². The van der Waals surface area contributed by atoms with Crippen molar-refractivity contribution in [1.82, 2.24) is 9.62 Å². The van der Waals surface area contributed by atoms with Crippen LogP contribution >= 0.6 is 0 Å². The van der Waals surface area contributed by atoms with Gasteiger partial charge in [-0.05, 0) is 60.4 Å². The third-order valence-corrected chi connectivity index (χ3v) is 11.5. The van der Waals surface area contributed by atoms with Crippen molar-refractivity contribution in [2.45, 2.75) is 53.7 Å². The van der Waals surface area contributed by atoms with Crippen molar-refractivity contribution < 1.29 is 31.4 Å². The Hall–Kier alpha value is -2.54. The highest BCUT2D eigenvalue weighted by atomic mass is 32.2. The van der Waals surface area contributed by atoms with Gasteiger partial charge in [-0.15, -0.1) is 0 Å². The van der Waals surface area contributed by atoms with Gasteiger partial charge in [0.15, 0.2) is 9.84 Å². The zero-order valence-electron chi connectivity index (χ0n) is 22.5. The number of rotatable bonds is 10. The first-order valence-electron chi connectivity index (χ1n) is 13.6. The van der Waals surface area contributed by atoms with Crippen LogP contribution in [0.5, 0.6) is 5.75 Å². The Morgan fingerprint density at radius 1 is 1.00 bits per heavy atom. The lowest BCUT2D eigenvalue weighted by molar-refractivity contribution is -0.0312. The number of hydrogen-bond acceptors (Lipinski definition) is 8. The van der Waals surface area contributed by atoms with Crippen LogP contribution in [0.4, 0.5) is 0 Å². The first kappa shape index (κ1) is 29.0. The number of hydrogen-bond donors (Lipinski definition) is 2. The molecule has 2 fully saturated rings. The maximum atomic E-state index is 13.3. The topological polar surface area (TPSA) is 122 Å². The van der Waals surface area contributed by atoms with Crippen LogP contribution in [-0.4, -0.2) is 82.6 Å². The predicted molar refractivity (Wildman–Crippen MR) is 153 cm³/mol. The minimum atomic E-state index is -3.59. The highest BCUT2D eigenvalue weighted by Gasteiger charge is 2.44. The summed E-state index contributed by atoms with van der Waals surface area (Å²) in [4.78, 5) is 0.508. The van der Waals surface area contributed by atoms with E-state index in [4.69, 9.17) is 9.47 Å². The molecule has 216 valence electrons. The molecule has 9 nitrogen and oxygen atoms in total. The van der Waals surface area contributed by atoms with Crippen molar-refractivity contribution in [3.05, 3.63) is 66.7 Å². The molecule has 0 amide bonds. The van der Waals surface area contributed by atoms with E-state index in [2.05, 4.69) is 5.32 Å². The first-order chi connectivity index (χ1) is 19.1. The average Bonchev–Trinajstić information content (AvgIpc) is 3.37. The lowest BCUT2D eigenvalue weighted by Crippen LogP contribution is -2.47. The van der Waals surface area contributed by atoms with Gasteiger partial charge < -0.3 is 19.9 Å². The molecule has 2 aliphatic rings. The van der Waals surface area contributed by atoms with Gasteiger partial charge in [-0.3, -0.25) is 0 Å². The van der Waals surface area contributed by atoms with Crippen molar-refractivity contribution >= 4 is 30.6 Å². The van der Waals surface area contributed by atoms with Crippen LogP contribution in [0.1, 0.15) is 26.2 Å². The van der Waals surface area contributed by atoms with E-state index in [1.807, 2.05) is 30.3 Å². The molecule has 2 atom stereocenters. The van der Waals surface area contributed by atoms with Crippen LogP contribution in [0, 0.1) is 0 Å². The fraction of sp³-hybridized carbons (Fsp3) is 0.448. The lowest BCUT2D eigenvalue weighted by atomic mass is 9.88. The molecule has 3 aromatic carbocycles. The number of aliphatic hydroxyl groups excluding tert-OH is 1. The average molecular weight is 589 g/mol. The number of piperidine rings is 1. The number of ether oxygens (including phenoxy) is 2. The second kappa shape index (κ2) is 11.8. The molecule has 2 aliphatic heterocycles. The molecular weight excluding hydrogens is 552 g/mol. The number of nitrogens with one attached hydrogen (secondary N) is 1. The van der Waals surface area contributed by atoms with E-state index >= 15 is 0 Å². The van der Waals surface area contributed by atoms with Gasteiger partial charge in [0.25, 0.3) is 0 Å². The van der Waals surface area contributed by atoms with Gasteiger partial charge in [-0.1, -0.05) is 43.3 Å². The molecule has 40 heavy (non-hydrogen) atoms. The SMILES string of the molecule is CCS(=O)(=O)c1cccc(OC[C@@H](O)CNC2COC3(CCN(S(=O)(=O)c4ccc5ccccc5c4)CC3)C2)c1. The van der Waals surface area contributed by atoms with Gasteiger partial charge in [-0.2, -0.15) is 4.31 Å². The van der Waals surface area contributed by atoms with Crippen LogP contribution < -0.4 is 10.1 Å². The van der Waals surface area contributed by atoms with Crippen LogP contribution in [0.15, 0.2) is 76.5 Å². The van der Waals surface area contributed by atoms with E-state index in [1.54, 1.807) is 35.5 Å². The molecule has 2 heterocycles. The molecule has 3 aromatic rings. The van der Waals surface area contributed by atoms with Crippen molar-refractivity contribution in [1.29, 1.82) is 0 Å². The summed E-state index contributed by atoms with van der Waals surface area (Å²) in [6.45, 7) is 3.17. The summed E-state index contributed by atoms with van der Waals surface area (Å²) in [6.07, 6.45) is 1.17. The summed E-state index contributed by atoms with van der Waals surface area (Å²) in [5, 5.41) is 15.7. The molecule has 2 N–H and O–H groups in total. The van der Waals surface area contributed by atoms with Gasteiger partial charge in [0.2, 0.25) is 10.0 Å². The van der Waals surface area contributed by atoms with Crippen molar-refractivity contribution in [2.24, 2.45) is 0 Å². The van der Waals surface area contributed by atoms with E-state index in [0.29, 0.717) is 49.7 Å². The third-order valence-electron chi connectivity index (χ3n) is 7.83. The molecule has 0 aromatic heterocycles. The maximum absolute atomic E-state index is 13.3. The molecule has 0 aliphatic carbocycles. The molecule has 5 rings (SSSR count). The molecular formula is C29H36N2O7S2. The second-order valence-corrected chi connectivity index (χ2v) is 14.8. The minimum Gasteiger partial charge on any atom is -0.491 e. The normalized spacial score (nSPS) is 20.6. The zero-order valence-corrected chi connectivity index (χ0v) is 24.2. The molecule has 11 heteroatoms. The van der Waals surface area contributed by atoms with Crippen LogP contribution in [0.2, 0.25) is 0 Å². The summed E-state index contributed by atoms with van der Waals surface area (Å²) in [5.41, 5.74) is -0.375. The summed E-state index contributed by atoms with van der Waals surface area (Å²) < 4.78 is 64.2. The summed E-state index contributed by atoms with van der Waals surface area (Å²) >= 11 is 0. The minimum absolute atomic E-state index is 0.00619. The second-order valence-electron chi connectivity index (χ2n) is 10.6. The van der Waals surface area contributed by atoms with Gasteiger partial charge in [0, 0.05) is 25.7 Å². The van der Waals surface area contributed by atoms with Crippen LogP contribution in [0.25, 0.3) is 10.8 Å². The smallest absolute Gasteiger partial charge is 0.243 e. The maximum Gasteiger partial charge on any atom is 0.243 e. The van der Waals surface area contributed by atoms with Gasteiger partial charge in [0.05, 0.1) is 27.8 Å². The van der Waals surface area contributed by atoms with E-state index in [9.17, 15) is 21.9 Å². The highest BCUT2D eigenvalue weighted by Crippen LogP contribution is 2.37. The molecule has 0 saturated carbocycles. The molecule has 1 unspecified atom stereocenters. The third kappa shape index (κ3) is 6.35. The van der Waals surface area contributed by atoms with Crippen LogP contribution in [-0.2, 0) is 24.6 Å². The predicted octanol–water partition coefficient (Wildman–Crippen LogP) is 2.98. The molecule has 1 spiro atoms. The quantitative estimate of drug-likeness (QED) is 0.371. The number of nitrogens with zero attached hydrogens (tertiary/aromatic N) is 1. The van der Waals surface area contributed by atoms with Crippen molar-refractivity contribution in [3.8, 4) is 5.75 Å². The van der Waals surface area contributed by atoms with Crippen molar-refractivity contribution in [2.75, 3.05) is 38.6 Å². The number of sulfonamides is 1. The Balaban J connectivity index is 1.09. The van der Waals surface area contributed by atoms with Crippen molar-refractivity contribution in [3.63, 3.8) is 0 Å². The zero-order chi connectivity index (χ0) is 28.4. The Labute approximate surface area is 236 Å². The fourth-order valence-corrected chi connectivity index (χ4v) is 7.81. The monoisotopic (exact) mass is 588 g/mol. The standard InChI is InChI=1S/C29H36N2O7S2/c1-2-39(33,34)27-9-5-8-26(17-27)37-21-25(32)19-30-24-18-29(38-20-24)12-14-31(15-13-29)40(35,36)28-11-10-22-6-3-4-7-23(22)16-28/h3-11,16-17,24-25,30,32H,2,12-15,18-21H2,1H3/t24?,25-/m0/s1. The molecule has 0 radical (unpaired) electrons. The van der Waals surface area contributed by atoms with E-state index in [1.165, 1.54) is 12.1 Å².